The Hall–Kier alpha value is -5.63. The lowest BCUT2D eigenvalue weighted by molar-refractivity contribution is 0.0475. The van der Waals surface area contributed by atoms with Gasteiger partial charge in [-0.2, -0.15) is 0 Å². The van der Waals surface area contributed by atoms with Gasteiger partial charge in [0.1, 0.15) is 5.75 Å². The minimum absolute atomic E-state index is 0.0636. The number of phenolic OH excluding ortho intramolecular Hbond substituents is 1. The first kappa shape index (κ1) is 24.7. The third kappa shape index (κ3) is 4.27. The maximum absolute atomic E-state index is 13.1. The molecule has 0 radical (unpaired) electrons. The van der Waals surface area contributed by atoms with Gasteiger partial charge >= 0.3 is 5.97 Å². The second kappa shape index (κ2) is 9.92. The van der Waals surface area contributed by atoms with Crippen LogP contribution >= 0.6 is 0 Å². The summed E-state index contributed by atoms with van der Waals surface area (Å²) in [6, 6.07) is 28.1. The van der Waals surface area contributed by atoms with Crippen molar-refractivity contribution in [1.29, 1.82) is 0 Å². The fourth-order valence-corrected chi connectivity index (χ4v) is 4.69. The monoisotopic (exact) mass is 528 g/mol. The number of rotatable bonds is 6. The Balaban J connectivity index is 1.28. The van der Waals surface area contributed by atoms with Crippen LogP contribution in [0.5, 0.6) is 5.75 Å². The van der Waals surface area contributed by atoms with E-state index >= 15 is 0 Å². The van der Waals surface area contributed by atoms with Gasteiger partial charge in [-0.25, -0.2) is 14.7 Å². The van der Waals surface area contributed by atoms with Gasteiger partial charge in [-0.1, -0.05) is 54.6 Å². The number of ether oxygens (including phenoxy) is 1. The number of ketones is 1. The van der Waals surface area contributed by atoms with E-state index in [4.69, 9.17) is 4.74 Å². The highest BCUT2D eigenvalue weighted by molar-refractivity contribution is 6.34. The highest BCUT2D eigenvalue weighted by atomic mass is 16.5. The number of anilines is 1. The maximum atomic E-state index is 13.1. The molecule has 40 heavy (non-hydrogen) atoms. The van der Waals surface area contributed by atoms with Crippen molar-refractivity contribution in [1.82, 2.24) is 4.98 Å². The predicted molar refractivity (Wildman–Crippen MR) is 147 cm³/mol. The van der Waals surface area contributed by atoms with Crippen LogP contribution in [0.4, 0.5) is 5.69 Å². The maximum Gasteiger partial charge on any atom is 0.339 e. The van der Waals surface area contributed by atoms with Gasteiger partial charge in [0.05, 0.1) is 39.2 Å². The summed E-state index contributed by atoms with van der Waals surface area (Å²) in [7, 11) is 0. The number of fused-ring (bicyclic) bond motifs is 2. The first-order valence-corrected chi connectivity index (χ1v) is 12.4. The average Bonchev–Trinajstić information content (AvgIpc) is 3.24. The van der Waals surface area contributed by atoms with E-state index in [1.165, 1.54) is 12.1 Å². The number of Topliss-reactive ketones (excluding diaryl/α,β-unsaturated/α-hetero) is 1. The summed E-state index contributed by atoms with van der Waals surface area (Å²) < 4.78 is 5.33. The third-order valence-corrected chi connectivity index (χ3v) is 6.69. The first-order chi connectivity index (χ1) is 19.4. The Kier molecular flexibility index (Phi) is 6.12. The molecule has 0 unspecified atom stereocenters. The largest absolute Gasteiger partial charge is 0.507 e. The van der Waals surface area contributed by atoms with Crippen LogP contribution in [-0.2, 0) is 4.74 Å². The van der Waals surface area contributed by atoms with Crippen molar-refractivity contribution in [3.05, 3.63) is 125 Å². The van der Waals surface area contributed by atoms with E-state index in [1.54, 1.807) is 91.0 Å². The fraction of sp³-hybridized carbons (Fsp3) is 0.0312. The summed E-state index contributed by atoms with van der Waals surface area (Å²) >= 11 is 0. The summed E-state index contributed by atoms with van der Waals surface area (Å²) in [6.07, 6.45) is 0. The molecule has 8 heteroatoms. The van der Waals surface area contributed by atoms with Crippen molar-refractivity contribution in [3.8, 4) is 17.0 Å². The number of amides is 2. The number of imide groups is 1. The zero-order valence-electron chi connectivity index (χ0n) is 20.9. The minimum atomic E-state index is -0.716. The van der Waals surface area contributed by atoms with E-state index in [0.717, 1.165) is 4.90 Å². The molecule has 1 aromatic heterocycles. The molecule has 2 heterocycles. The summed E-state index contributed by atoms with van der Waals surface area (Å²) in [5.41, 5.74) is 3.07. The molecule has 8 nitrogen and oxygen atoms in total. The van der Waals surface area contributed by atoms with Crippen LogP contribution in [0.25, 0.3) is 22.2 Å². The summed E-state index contributed by atoms with van der Waals surface area (Å²) in [4.78, 5) is 57.1. The van der Waals surface area contributed by atoms with Gasteiger partial charge in [0.2, 0.25) is 5.78 Å². The van der Waals surface area contributed by atoms with Gasteiger partial charge < -0.3 is 9.84 Å². The molecule has 0 saturated heterocycles. The fourth-order valence-electron chi connectivity index (χ4n) is 4.69. The van der Waals surface area contributed by atoms with Crippen LogP contribution in [0.2, 0.25) is 0 Å². The molecule has 194 valence electrons. The van der Waals surface area contributed by atoms with Crippen LogP contribution in [-0.4, -0.2) is 40.3 Å². The molecule has 4 aromatic carbocycles. The van der Waals surface area contributed by atoms with Crippen LogP contribution in [0, 0.1) is 0 Å². The third-order valence-electron chi connectivity index (χ3n) is 6.69. The molecular weight excluding hydrogens is 508 g/mol. The van der Waals surface area contributed by atoms with E-state index in [1.807, 2.05) is 0 Å². The average molecular weight is 529 g/mol. The number of phenols is 1. The van der Waals surface area contributed by atoms with Gasteiger partial charge in [0.15, 0.2) is 6.61 Å². The van der Waals surface area contributed by atoms with Crippen molar-refractivity contribution in [2.45, 2.75) is 0 Å². The Morgan fingerprint density at radius 2 is 1.38 bits per heavy atom. The van der Waals surface area contributed by atoms with Crippen LogP contribution < -0.4 is 4.90 Å². The number of pyridine rings is 1. The van der Waals surface area contributed by atoms with Gasteiger partial charge in [-0.3, -0.25) is 14.4 Å². The lowest BCUT2D eigenvalue weighted by Gasteiger charge is -2.15. The summed E-state index contributed by atoms with van der Waals surface area (Å²) in [6.45, 7) is -0.544. The molecule has 0 fully saturated rings. The number of hydrogen-bond donors (Lipinski definition) is 1. The Morgan fingerprint density at radius 3 is 2.08 bits per heavy atom. The number of aromatic hydroxyl groups is 1. The van der Waals surface area contributed by atoms with Gasteiger partial charge in [0.25, 0.3) is 11.8 Å². The molecule has 2 amide bonds. The predicted octanol–water partition coefficient (Wildman–Crippen LogP) is 5.45. The molecule has 0 saturated carbocycles. The number of para-hydroxylation sites is 2. The van der Waals surface area contributed by atoms with Gasteiger partial charge in [-0.15, -0.1) is 0 Å². The Labute approximate surface area is 228 Å². The molecule has 1 aliphatic rings. The molecule has 0 aliphatic carbocycles. The van der Waals surface area contributed by atoms with Crippen LogP contribution in [0.3, 0.4) is 0 Å². The standard InChI is InChI=1S/C32H20N2O6/c35-28-12-6-4-10-24(28)29(36)18-40-32(39)25-17-27(33-26-11-5-3-7-21(25)26)19-13-15-20(16-14-19)34-30(37)22-8-1-2-9-23(22)31(34)38/h1-17,35H,18H2. The summed E-state index contributed by atoms with van der Waals surface area (Å²) in [5, 5.41) is 10.5. The van der Waals surface area contributed by atoms with Crippen molar-refractivity contribution in [2.24, 2.45) is 0 Å². The van der Waals surface area contributed by atoms with E-state index in [-0.39, 0.29) is 28.7 Å². The molecule has 0 spiro atoms. The molecule has 6 rings (SSSR count). The van der Waals surface area contributed by atoms with Gasteiger partial charge in [-0.05, 0) is 48.5 Å². The number of benzene rings is 4. The smallest absolute Gasteiger partial charge is 0.339 e. The number of carbonyl (C=O) groups is 4. The Morgan fingerprint density at radius 1 is 0.750 bits per heavy atom. The van der Waals surface area contributed by atoms with E-state index in [0.29, 0.717) is 39.0 Å². The second-order valence-corrected chi connectivity index (χ2v) is 9.13. The van der Waals surface area contributed by atoms with E-state index in [9.17, 15) is 24.3 Å². The zero-order chi connectivity index (χ0) is 27.8. The molecular formula is C32H20N2O6. The second-order valence-electron chi connectivity index (χ2n) is 9.13. The van der Waals surface area contributed by atoms with E-state index < -0.39 is 18.4 Å². The number of esters is 1. The quantitative estimate of drug-likeness (QED) is 0.177. The summed E-state index contributed by atoms with van der Waals surface area (Å²) in [5.74, 6) is -2.22. The van der Waals surface area contributed by atoms with Gasteiger partial charge in [0, 0.05) is 10.9 Å². The highest BCUT2D eigenvalue weighted by Gasteiger charge is 2.36. The molecule has 0 atom stereocenters. The van der Waals surface area contributed by atoms with Crippen LogP contribution in [0.15, 0.2) is 103 Å². The minimum Gasteiger partial charge on any atom is -0.507 e. The lowest BCUT2D eigenvalue weighted by Crippen LogP contribution is -2.29. The van der Waals surface area contributed by atoms with Crippen molar-refractivity contribution >= 4 is 40.2 Å². The first-order valence-electron chi connectivity index (χ1n) is 12.4. The van der Waals surface area contributed by atoms with E-state index in [2.05, 4.69) is 4.98 Å². The number of hydrogen-bond acceptors (Lipinski definition) is 7. The molecule has 0 bridgehead atoms. The van der Waals surface area contributed by atoms with Crippen LogP contribution in [0.1, 0.15) is 41.4 Å². The van der Waals surface area contributed by atoms with Crippen molar-refractivity contribution < 1.29 is 29.0 Å². The molecule has 1 aliphatic heterocycles. The number of aromatic nitrogens is 1. The van der Waals surface area contributed by atoms with Crippen molar-refractivity contribution in [3.63, 3.8) is 0 Å². The normalized spacial score (nSPS) is 12.4. The van der Waals surface area contributed by atoms with Crippen molar-refractivity contribution in [2.75, 3.05) is 11.5 Å². The molecule has 5 aromatic rings. The number of nitrogens with zero attached hydrogens (tertiary/aromatic N) is 2. The lowest BCUT2D eigenvalue weighted by atomic mass is 10.0. The SMILES string of the molecule is O=C(COC(=O)c1cc(-c2ccc(N3C(=O)c4ccccc4C3=O)cc2)nc2ccccc12)c1ccccc1O. The zero-order valence-corrected chi connectivity index (χ0v) is 20.9. The topological polar surface area (TPSA) is 114 Å². The Bertz CT molecular complexity index is 1810. The number of carbonyl (C=O) groups excluding carboxylic acids is 4. The molecule has 1 N–H and O–H groups in total. The highest BCUT2D eigenvalue weighted by Crippen LogP contribution is 2.31.